The average Bonchev–Trinajstić information content (AvgIpc) is 2.13. The minimum atomic E-state index is -4.64. The predicted octanol–water partition coefficient (Wildman–Crippen LogP) is 1.89. The molecule has 0 saturated heterocycles. The van der Waals surface area contributed by atoms with Crippen LogP contribution in [0.15, 0.2) is 12.1 Å². The monoisotopic (exact) mass is 236 g/mol. The minimum Gasteiger partial charge on any atom is -0.487 e. The summed E-state index contributed by atoms with van der Waals surface area (Å²) in [4.78, 5) is 3.89. The third kappa shape index (κ3) is 4.35. The number of hydrogen-bond acceptors (Lipinski definition) is 4. The number of nitrogens with zero attached hydrogens (tertiary/aromatic N) is 1. The normalized spacial score (nSPS) is 11.5. The Bertz CT molecular complexity index is 355. The summed E-state index contributed by atoms with van der Waals surface area (Å²) in [5, 5.41) is 0. The highest BCUT2D eigenvalue weighted by molar-refractivity contribution is 5.46. The van der Waals surface area contributed by atoms with Crippen molar-refractivity contribution in [1.29, 1.82) is 0 Å². The summed E-state index contributed by atoms with van der Waals surface area (Å²) in [6.45, 7) is 0.915. The van der Waals surface area contributed by atoms with Crippen LogP contribution in [0, 0.1) is 6.92 Å². The zero-order valence-electron chi connectivity index (χ0n) is 8.54. The van der Waals surface area contributed by atoms with E-state index in [0.717, 1.165) is 0 Å². The molecule has 0 atom stereocenters. The van der Waals surface area contributed by atoms with Crippen LogP contribution in [0.1, 0.15) is 5.69 Å². The van der Waals surface area contributed by atoms with Crippen LogP contribution in [0.3, 0.4) is 0 Å². The summed E-state index contributed by atoms with van der Waals surface area (Å²) < 4.78 is 43.3. The molecule has 2 N–H and O–H groups in total. The number of aryl methyl sites for hydroxylation is 1. The van der Waals surface area contributed by atoms with Crippen LogP contribution < -0.4 is 10.5 Å². The van der Waals surface area contributed by atoms with Gasteiger partial charge in [0.05, 0.1) is 6.61 Å². The van der Waals surface area contributed by atoms with E-state index >= 15 is 0 Å². The van der Waals surface area contributed by atoms with Gasteiger partial charge in [-0.2, -0.15) is 0 Å². The first-order valence-corrected chi connectivity index (χ1v) is 4.45. The number of ether oxygens (including phenoxy) is 2. The van der Waals surface area contributed by atoms with Gasteiger partial charge in [0, 0.05) is 5.69 Å². The maximum atomic E-state index is 11.6. The molecule has 0 spiro atoms. The average molecular weight is 236 g/mol. The summed E-state index contributed by atoms with van der Waals surface area (Å²) in [5.74, 6) is 0.392. The quantitative estimate of drug-likeness (QED) is 0.811. The molecule has 0 saturated carbocycles. The van der Waals surface area contributed by atoms with Gasteiger partial charge in [-0.25, -0.2) is 4.98 Å². The second-order valence-corrected chi connectivity index (χ2v) is 2.98. The molecule has 1 heterocycles. The highest BCUT2D eigenvalue weighted by Gasteiger charge is 2.28. The van der Waals surface area contributed by atoms with Gasteiger partial charge in [0.25, 0.3) is 0 Å². The first-order chi connectivity index (χ1) is 7.38. The number of alkyl halides is 3. The lowest BCUT2D eigenvalue weighted by Gasteiger charge is -2.10. The minimum absolute atomic E-state index is 0.145. The van der Waals surface area contributed by atoms with Gasteiger partial charge in [-0.15, -0.1) is 13.2 Å². The summed E-state index contributed by atoms with van der Waals surface area (Å²) in [6, 6.07) is 3.20. The van der Waals surface area contributed by atoms with Crippen molar-refractivity contribution >= 4 is 5.82 Å². The van der Waals surface area contributed by atoms with E-state index in [1.165, 1.54) is 0 Å². The molecular weight excluding hydrogens is 225 g/mol. The van der Waals surface area contributed by atoms with Gasteiger partial charge in [0.2, 0.25) is 0 Å². The van der Waals surface area contributed by atoms with Gasteiger partial charge in [-0.1, -0.05) is 0 Å². The van der Waals surface area contributed by atoms with E-state index in [9.17, 15) is 13.2 Å². The molecule has 16 heavy (non-hydrogen) atoms. The topological polar surface area (TPSA) is 57.4 Å². The lowest BCUT2D eigenvalue weighted by Crippen LogP contribution is -2.18. The van der Waals surface area contributed by atoms with Crippen LogP contribution in [0.5, 0.6) is 5.75 Å². The van der Waals surface area contributed by atoms with Crippen LogP contribution in [0.25, 0.3) is 0 Å². The van der Waals surface area contributed by atoms with E-state index in [1.807, 2.05) is 0 Å². The van der Waals surface area contributed by atoms with Crippen molar-refractivity contribution < 1.29 is 22.6 Å². The SMILES string of the molecule is Cc1ccc(OCCOC(F)(F)F)c(N)n1. The number of halogens is 3. The molecule has 0 aliphatic heterocycles. The Kier molecular flexibility index (Phi) is 3.94. The second kappa shape index (κ2) is 5.02. The van der Waals surface area contributed by atoms with Gasteiger partial charge in [-0.3, -0.25) is 4.74 Å². The molecule has 4 nitrogen and oxygen atoms in total. The van der Waals surface area contributed by atoms with Gasteiger partial charge in [-0.05, 0) is 19.1 Å². The lowest BCUT2D eigenvalue weighted by molar-refractivity contribution is -0.325. The van der Waals surface area contributed by atoms with E-state index in [-0.39, 0.29) is 18.2 Å². The fourth-order valence-electron chi connectivity index (χ4n) is 0.995. The summed E-state index contributed by atoms with van der Waals surface area (Å²) >= 11 is 0. The lowest BCUT2D eigenvalue weighted by atomic mass is 10.3. The molecule has 0 bridgehead atoms. The molecular formula is C9H11F3N2O2. The smallest absolute Gasteiger partial charge is 0.487 e. The van der Waals surface area contributed by atoms with Crippen molar-refractivity contribution in [2.45, 2.75) is 13.3 Å². The molecule has 1 aromatic rings. The molecule has 90 valence electrons. The Hall–Kier alpha value is -1.50. The summed E-state index contributed by atoms with van der Waals surface area (Å²) in [5.41, 5.74) is 6.20. The fraction of sp³-hybridized carbons (Fsp3) is 0.444. The Balaban J connectivity index is 2.38. The maximum absolute atomic E-state index is 11.6. The van der Waals surface area contributed by atoms with Gasteiger partial charge in [0.1, 0.15) is 6.61 Å². The first-order valence-electron chi connectivity index (χ1n) is 4.45. The number of aromatic nitrogens is 1. The van der Waals surface area contributed by atoms with Gasteiger partial charge in [0.15, 0.2) is 11.6 Å². The summed E-state index contributed by atoms with van der Waals surface area (Å²) in [6.07, 6.45) is -4.64. The van der Waals surface area contributed by atoms with Crippen LogP contribution in [0.4, 0.5) is 19.0 Å². The van der Waals surface area contributed by atoms with E-state index in [4.69, 9.17) is 10.5 Å². The number of nitrogen functional groups attached to an aromatic ring is 1. The highest BCUT2D eigenvalue weighted by atomic mass is 19.4. The highest BCUT2D eigenvalue weighted by Crippen LogP contribution is 2.19. The molecule has 1 aromatic heterocycles. The molecule has 0 amide bonds. The van der Waals surface area contributed by atoms with Crippen molar-refractivity contribution in [2.75, 3.05) is 18.9 Å². The number of nitrogens with two attached hydrogens (primary N) is 1. The van der Waals surface area contributed by atoms with Crippen molar-refractivity contribution in [3.63, 3.8) is 0 Å². The first kappa shape index (κ1) is 12.6. The van der Waals surface area contributed by atoms with Crippen LogP contribution in [-0.2, 0) is 4.74 Å². The van der Waals surface area contributed by atoms with Crippen LogP contribution in [0.2, 0.25) is 0 Å². The summed E-state index contributed by atoms with van der Waals surface area (Å²) in [7, 11) is 0. The Labute approximate surface area is 90.2 Å². The standard InChI is InChI=1S/C9H11F3N2O2/c1-6-2-3-7(8(13)14-6)15-4-5-16-9(10,11)12/h2-3H,4-5H2,1H3,(H2,13,14). The number of hydrogen-bond donors (Lipinski definition) is 1. The number of pyridine rings is 1. The van der Waals surface area contributed by atoms with Crippen molar-refractivity contribution in [3.8, 4) is 5.75 Å². The van der Waals surface area contributed by atoms with Crippen LogP contribution >= 0.6 is 0 Å². The van der Waals surface area contributed by atoms with E-state index < -0.39 is 13.0 Å². The molecule has 0 aliphatic rings. The molecule has 0 fully saturated rings. The number of anilines is 1. The zero-order valence-corrected chi connectivity index (χ0v) is 8.54. The Morgan fingerprint density at radius 2 is 2.00 bits per heavy atom. The van der Waals surface area contributed by atoms with E-state index in [1.54, 1.807) is 19.1 Å². The largest absolute Gasteiger partial charge is 0.522 e. The predicted molar refractivity (Wildman–Crippen MR) is 50.9 cm³/mol. The molecule has 0 unspecified atom stereocenters. The third-order valence-electron chi connectivity index (χ3n) is 1.63. The van der Waals surface area contributed by atoms with Crippen LogP contribution in [-0.4, -0.2) is 24.6 Å². The molecule has 0 aromatic carbocycles. The molecule has 0 radical (unpaired) electrons. The Morgan fingerprint density at radius 3 is 2.56 bits per heavy atom. The molecule has 0 aliphatic carbocycles. The number of rotatable bonds is 4. The fourth-order valence-corrected chi connectivity index (χ4v) is 0.995. The van der Waals surface area contributed by atoms with Crippen molar-refractivity contribution in [2.24, 2.45) is 0 Å². The van der Waals surface area contributed by atoms with E-state index in [0.29, 0.717) is 5.69 Å². The molecule has 7 heteroatoms. The molecule has 1 rings (SSSR count). The third-order valence-corrected chi connectivity index (χ3v) is 1.63. The second-order valence-electron chi connectivity index (χ2n) is 2.98. The van der Waals surface area contributed by atoms with E-state index in [2.05, 4.69) is 9.72 Å². The van der Waals surface area contributed by atoms with Gasteiger partial charge >= 0.3 is 6.36 Å². The Morgan fingerprint density at radius 1 is 1.31 bits per heavy atom. The van der Waals surface area contributed by atoms with Crippen molar-refractivity contribution in [1.82, 2.24) is 4.98 Å². The zero-order chi connectivity index (χ0) is 12.2. The van der Waals surface area contributed by atoms with Crippen molar-refractivity contribution in [3.05, 3.63) is 17.8 Å². The van der Waals surface area contributed by atoms with Gasteiger partial charge < -0.3 is 10.5 Å². The maximum Gasteiger partial charge on any atom is 0.522 e.